The number of hydrogen-bond donors (Lipinski definition) is 2. The van der Waals surface area contributed by atoms with Crippen LogP contribution < -0.4 is 16.0 Å². The maximum atomic E-state index is 12.6. The van der Waals surface area contributed by atoms with Crippen LogP contribution in [0.3, 0.4) is 0 Å². The van der Waals surface area contributed by atoms with E-state index in [0.717, 1.165) is 5.69 Å². The van der Waals surface area contributed by atoms with Gasteiger partial charge in [-0.3, -0.25) is 14.4 Å². The number of hydrogen-bond acceptors (Lipinski definition) is 3. The predicted molar refractivity (Wildman–Crippen MR) is 93.4 cm³/mol. The highest BCUT2D eigenvalue weighted by atomic mass is 16.2. The van der Waals surface area contributed by atoms with Gasteiger partial charge in [0.2, 0.25) is 17.7 Å². The standard InChI is InChI=1S/C19H19N3O3/c20-18(24)17(13-7-3-1-4-8-13)21-19(25)14-11-16(23)22(12-14)15-9-5-2-6-10-15/h1-10,14,17H,11-12H2,(H2,20,24)(H,21,25)/t14-,17+/m1/s1. The van der Waals surface area contributed by atoms with Crippen molar-refractivity contribution in [1.29, 1.82) is 0 Å². The Labute approximate surface area is 145 Å². The van der Waals surface area contributed by atoms with E-state index in [1.807, 2.05) is 36.4 Å². The van der Waals surface area contributed by atoms with Crippen molar-refractivity contribution < 1.29 is 14.4 Å². The lowest BCUT2D eigenvalue weighted by atomic mass is 10.0. The van der Waals surface area contributed by atoms with Crippen molar-refractivity contribution in [2.24, 2.45) is 11.7 Å². The fourth-order valence-electron chi connectivity index (χ4n) is 2.97. The SMILES string of the molecule is NC(=O)[C@@H](NC(=O)[C@@H]1CC(=O)N(c2ccccc2)C1)c1ccccc1. The maximum absolute atomic E-state index is 12.6. The molecule has 0 spiro atoms. The summed E-state index contributed by atoms with van der Waals surface area (Å²) in [6.07, 6.45) is 0.112. The Morgan fingerprint density at radius 1 is 1.04 bits per heavy atom. The van der Waals surface area contributed by atoms with Gasteiger partial charge >= 0.3 is 0 Å². The van der Waals surface area contributed by atoms with E-state index in [-0.39, 0.29) is 24.8 Å². The molecule has 0 aliphatic carbocycles. The van der Waals surface area contributed by atoms with Gasteiger partial charge in [-0.25, -0.2) is 0 Å². The Kier molecular flexibility index (Phi) is 4.79. The van der Waals surface area contributed by atoms with E-state index >= 15 is 0 Å². The minimum atomic E-state index is -0.908. The molecule has 25 heavy (non-hydrogen) atoms. The summed E-state index contributed by atoms with van der Waals surface area (Å²) in [6, 6.07) is 17.1. The van der Waals surface area contributed by atoms with Crippen LogP contribution in [0, 0.1) is 5.92 Å². The van der Waals surface area contributed by atoms with Crippen molar-refractivity contribution in [3.63, 3.8) is 0 Å². The minimum Gasteiger partial charge on any atom is -0.368 e. The van der Waals surface area contributed by atoms with Gasteiger partial charge < -0.3 is 16.0 Å². The van der Waals surface area contributed by atoms with Gasteiger partial charge in [0.05, 0.1) is 5.92 Å². The second-order valence-corrected chi connectivity index (χ2v) is 6.00. The Bertz CT molecular complexity index is 777. The number of nitrogens with zero attached hydrogens (tertiary/aromatic N) is 1. The zero-order valence-electron chi connectivity index (χ0n) is 13.6. The third-order valence-corrected chi connectivity index (χ3v) is 4.27. The Morgan fingerprint density at radius 3 is 2.24 bits per heavy atom. The summed E-state index contributed by atoms with van der Waals surface area (Å²) in [7, 11) is 0. The molecule has 6 heteroatoms. The monoisotopic (exact) mass is 337 g/mol. The smallest absolute Gasteiger partial charge is 0.244 e. The number of benzene rings is 2. The first-order valence-corrected chi connectivity index (χ1v) is 8.06. The molecule has 128 valence electrons. The highest BCUT2D eigenvalue weighted by Gasteiger charge is 2.36. The predicted octanol–water partition coefficient (Wildman–Crippen LogP) is 1.38. The lowest BCUT2D eigenvalue weighted by Gasteiger charge is -2.19. The highest BCUT2D eigenvalue weighted by molar-refractivity contribution is 6.01. The van der Waals surface area contributed by atoms with Crippen molar-refractivity contribution in [3.8, 4) is 0 Å². The summed E-state index contributed by atoms with van der Waals surface area (Å²) >= 11 is 0. The van der Waals surface area contributed by atoms with Gasteiger partial charge in [0, 0.05) is 18.7 Å². The van der Waals surface area contributed by atoms with Gasteiger partial charge in [-0.15, -0.1) is 0 Å². The van der Waals surface area contributed by atoms with Crippen molar-refractivity contribution in [2.75, 3.05) is 11.4 Å². The van der Waals surface area contributed by atoms with Crippen LogP contribution in [-0.4, -0.2) is 24.3 Å². The van der Waals surface area contributed by atoms with Gasteiger partial charge in [0.1, 0.15) is 6.04 Å². The summed E-state index contributed by atoms with van der Waals surface area (Å²) in [5.74, 6) is -1.61. The molecular formula is C19H19N3O3. The molecule has 0 bridgehead atoms. The highest BCUT2D eigenvalue weighted by Crippen LogP contribution is 2.25. The van der Waals surface area contributed by atoms with Crippen LogP contribution in [0.2, 0.25) is 0 Å². The number of rotatable bonds is 5. The second kappa shape index (κ2) is 7.17. The number of amides is 3. The first-order chi connectivity index (χ1) is 12.1. The molecule has 2 atom stereocenters. The molecule has 3 N–H and O–H groups in total. The van der Waals surface area contributed by atoms with E-state index in [2.05, 4.69) is 5.32 Å². The molecular weight excluding hydrogens is 318 g/mol. The number of anilines is 1. The summed E-state index contributed by atoms with van der Waals surface area (Å²) in [4.78, 5) is 38.1. The van der Waals surface area contributed by atoms with Gasteiger partial charge in [-0.2, -0.15) is 0 Å². The number of nitrogens with two attached hydrogens (primary N) is 1. The molecule has 0 aromatic heterocycles. The largest absolute Gasteiger partial charge is 0.368 e. The Hall–Kier alpha value is -3.15. The Balaban J connectivity index is 1.71. The van der Waals surface area contributed by atoms with Gasteiger partial charge in [0.25, 0.3) is 0 Å². The van der Waals surface area contributed by atoms with Crippen molar-refractivity contribution in [2.45, 2.75) is 12.5 Å². The molecule has 1 saturated heterocycles. The number of primary amides is 1. The molecule has 0 radical (unpaired) electrons. The Morgan fingerprint density at radius 2 is 1.64 bits per heavy atom. The van der Waals surface area contributed by atoms with Crippen LogP contribution in [0.15, 0.2) is 60.7 Å². The molecule has 1 aliphatic heterocycles. The fraction of sp³-hybridized carbons (Fsp3) is 0.211. The third-order valence-electron chi connectivity index (χ3n) is 4.27. The normalized spacial score (nSPS) is 18.0. The van der Waals surface area contributed by atoms with Gasteiger partial charge in [0.15, 0.2) is 0 Å². The molecule has 3 rings (SSSR count). The van der Waals surface area contributed by atoms with Crippen LogP contribution in [0.5, 0.6) is 0 Å². The summed E-state index contributed by atoms with van der Waals surface area (Å²) < 4.78 is 0. The first kappa shape index (κ1) is 16.7. The number of para-hydroxylation sites is 1. The number of carbonyl (C=O) groups excluding carboxylic acids is 3. The summed E-state index contributed by atoms with van der Waals surface area (Å²) in [5, 5.41) is 2.67. The quantitative estimate of drug-likeness (QED) is 0.863. The van der Waals surface area contributed by atoms with E-state index in [1.165, 1.54) is 0 Å². The van der Waals surface area contributed by atoms with Crippen LogP contribution in [0.25, 0.3) is 0 Å². The van der Waals surface area contributed by atoms with E-state index < -0.39 is 17.9 Å². The summed E-state index contributed by atoms with van der Waals surface area (Å²) in [6.45, 7) is 0.287. The molecule has 6 nitrogen and oxygen atoms in total. The van der Waals surface area contributed by atoms with Crippen LogP contribution in [0.4, 0.5) is 5.69 Å². The van der Waals surface area contributed by atoms with Gasteiger partial charge in [-0.1, -0.05) is 48.5 Å². The van der Waals surface area contributed by atoms with Crippen LogP contribution in [-0.2, 0) is 14.4 Å². The van der Waals surface area contributed by atoms with Crippen molar-refractivity contribution in [1.82, 2.24) is 5.32 Å². The molecule has 0 saturated carbocycles. The van der Waals surface area contributed by atoms with E-state index in [4.69, 9.17) is 5.73 Å². The molecule has 1 fully saturated rings. The van der Waals surface area contributed by atoms with Crippen LogP contribution in [0.1, 0.15) is 18.0 Å². The average Bonchev–Trinajstić information content (AvgIpc) is 3.02. The number of nitrogens with one attached hydrogen (secondary N) is 1. The maximum Gasteiger partial charge on any atom is 0.244 e. The van der Waals surface area contributed by atoms with E-state index in [0.29, 0.717) is 5.56 Å². The second-order valence-electron chi connectivity index (χ2n) is 6.00. The minimum absolute atomic E-state index is 0.110. The zero-order chi connectivity index (χ0) is 17.8. The van der Waals surface area contributed by atoms with E-state index in [1.54, 1.807) is 29.2 Å². The zero-order valence-corrected chi connectivity index (χ0v) is 13.6. The first-order valence-electron chi connectivity index (χ1n) is 8.06. The lowest BCUT2D eigenvalue weighted by Crippen LogP contribution is -2.41. The molecule has 1 heterocycles. The molecule has 2 aromatic carbocycles. The topological polar surface area (TPSA) is 92.5 Å². The fourth-order valence-corrected chi connectivity index (χ4v) is 2.97. The molecule has 0 unspecified atom stereocenters. The van der Waals surface area contributed by atoms with E-state index in [9.17, 15) is 14.4 Å². The van der Waals surface area contributed by atoms with Crippen LogP contribution >= 0.6 is 0 Å². The molecule has 2 aromatic rings. The third kappa shape index (κ3) is 3.68. The molecule has 3 amide bonds. The lowest BCUT2D eigenvalue weighted by molar-refractivity contribution is -0.130. The van der Waals surface area contributed by atoms with Crippen molar-refractivity contribution in [3.05, 3.63) is 66.2 Å². The van der Waals surface area contributed by atoms with Crippen molar-refractivity contribution >= 4 is 23.4 Å². The van der Waals surface area contributed by atoms with Gasteiger partial charge in [-0.05, 0) is 17.7 Å². The number of carbonyl (C=O) groups is 3. The summed E-state index contributed by atoms with van der Waals surface area (Å²) in [5.41, 5.74) is 6.81. The molecule has 1 aliphatic rings. The average molecular weight is 337 g/mol.